The molecule has 1 aliphatic carbocycles. The van der Waals surface area contributed by atoms with Crippen molar-refractivity contribution in [3.63, 3.8) is 0 Å². The zero-order valence-electron chi connectivity index (χ0n) is 13.1. The van der Waals surface area contributed by atoms with Crippen LogP contribution in [0.1, 0.15) is 60.3 Å². The normalized spacial score (nSPS) is 33.2. The number of likely N-dealkylation sites (tertiary alicyclic amines) is 1. The highest BCUT2D eigenvalue weighted by molar-refractivity contribution is 4.94. The van der Waals surface area contributed by atoms with Gasteiger partial charge in [-0.2, -0.15) is 0 Å². The highest BCUT2D eigenvalue weighted by atomic mass is 15.2. The van der Waals surface area contributed by atoms with Gasteiger partial charge in [-0.1, -0.05) is 13.8 Å². The third-order valence-electron chi connectivity index (χ3n) is 4.67. The van der Waals surface area contributed by atoms with E-state index in [2.05, 4.69) is 44.8 Å². The largest absolute Gasteiger partial charge is 0.312 e. The van der Waals surface area contributed by atoms with Gasteiger partial charge in [0.05, 0.1) is 0 Å². The average molecular weight is 252 g/mol. The Balaban J connectivity index is 1.82. The lowest BCUT2D eigenvalue weighted by Crippen LogP contribution is -2.56. The van der Waals surface area contributed by atoms with Gasteiger partial charge in [0, 0.05) is 18.1 Å². The summed E-state index contributed by atoms with van der Waals surface area (Å²) < 4.78 is 0. The van der Waals surface area contributed by atoms with Gasteiger partial charge >= 0.3 is 0 Å². The molecule has 106 valence electrons. The monoisotopic (exact) mass is 252 g/mol. The van der Waals surface area contributed by atoms with E-state index < -0.39 is 0 Å². The SMILES string of the molecule is CC1(C)CCCN(C2CCC2CNC(C)(C)C)C1. The van der Waals surface area contributed by atoms with E-state index >= 15 is 0 Å². The number of nitrogens with zero attached hydrogens (tertiary/aromatic N) is 1. The molecular weight excluding hydrogens is 220 g/mol. The molecule has 0 radical (unpaired) electrons. The molecule has 18 heavy (non-hydrogen) atoms. The van der Waals surface area contributed by atoms with Crippen LogP contribution in [0.25, 0.3) is 0 Å². The second-order valence-corrected chi connectivity index (χ2v) is 8.27. The van der Waals surface area contributed by atoms with E-state index in [0.29, 0.717) is 5.41 Å². The molecule has 2 heteroatoms. The van der Waals surface area contributed by atoms with Gasteiger partial charge in [-0.3, -0.25) is 4.90 Å². The predicted octanol–water partition coefficient (Wildman–Crippen LogP) is 3.28. The van der Waals surface area contributed by atoms with E-state index in [1.165, 1.54) is 45.3 Å². The molecule has 1 saturated carbocycles. The third-order valence-corrected chi connectivity index (χ3v) is 4.67. The van der Waals surface area contributed by atoms with Crippen molar-refractivity contribution in [3.05, 3.63) is 0 Å². The first kappa shape index (κ1) is 14.3. The Labute approximate surface area is 114 Å². The second kappa shape index (κ2) is 5.13. The molecule has 1 saturated heterocycles. The first-order chi connectivity index (χ1) is 8.27. The minimum absolute atomic E-state index is 0.265. The molecule has 2 aliphatic rings. The minimum Gasteiger partial charge on any atom is -0.312 e. The first-order valence-electron chi connectivity index (χ1n) is 7.76. The summed E-state index contributed by atoms with van der Waals surface area (Å²) in [5, 5.41) is 3.69. The minimum atomic E-state index is 0.265. The van der Waals surface area contributed by atoms with Crippen LogP contribution in [0.15, 0.2) is 0 Å². The Morgan fingerprint density at radius 1 is 1.22 bits per heavy atom. The van der Waals surface area contributed by atoms with Crippen molar-refractivity contribution in [2.75, 3.05) is 19.6 Å². The summed E-state index contributed by atoms with van der Waals surface area (Å²) in [6, 6.07) is 0.861. The first-order valence-corrected chi connectivity index (χ1v) is 7.76. The van der Waals surface area contributed by atoms with E-state index in [0.717, 1.165) is 12.0 Å². The van der Waals surface area contributed by atoms with Crippen molar-refractivity contribution in [1.82, 2.24) is 10.2 Å². The molecule has 1 heterocycles. The van der Waals surface area contributed by atoms with E-state index in [-0.39, 0.29) is 5.54 Å². The van der Waals surface area contributed by atoms with Crippen LogP contribution < -0.4 is 5.32 Å². The van der Waals surface area contributed by atoms with Gasteiger partial charge in [-0.25, -0.2) is 0 Å². The van der Waals surface area contributed by atoms with Crippen molar-refractivity contribution in [3.8, 4) is 0 Å². The fraction of sp³-hybridized carbons (Fsp3) is 1.00. The maximum absolute atomic E-state index is 3.69. The molecule has 0 spiro atoms. The number of rotatable bonds is 3. The van der Waals surface area contributed by atoms with E-state index in [1.807, 2.05) is 0 Å². The highest BCUT2D eigenvalue weighted by Gasteiger charge is 2.39. The Morgan fingerprint density at radius 2 is 1.94 bits per heavy atom. The van der Waals surface area contributed by atoms with Gasteiger partial charge in [0.1, 0.15) is 0 Å². The summed E-state index contributed by atoms with van der Waals surface area (Å²) in [4.78, 5) is 2.78. The lowest BCUT2D eigenvalue weighted by atomic mass is 9.75. The lowest BCUT2D eigenvalue weighted by Gasteiger charge is -2.50. The molecule has 2 rings (SSSR count). The summed E-state index contributed by atoms with van der Waals surface area (Å²) in [6.45, 7) is 15.5. The van der Waals surface area contributed by atoms with E-state index in [9.17, 15) is 0 Å². The molecule has 0 aromatic carbocycles. The van der Waals surface area contributed by atoms with Gasteiger partial charge in [-0.15, -0.1) is 0 Å². The van der Waals surface area contributed by atoms with Gasteiger partial charge in [0.15, 0.2) is 0 Å². The summed E-state index contributed by atoms with van der Waals surface area (Å²) in [7, 11) is 0. The Bertz CT molecular complexity index is 277. The number of hydrogen-bond acceptors (Lipinski definition) is 2. The molecule has 0 aromatic heterocycles. The third kappa shape index (κ3) is 3.71. The molecule has 1 aliphatic heterocycles. The van der Waals surface area contributed by atoms with Crippen LogP contribution in [0.4, 0.5) is 0 Å². The fourth-order valence-corrected chi connectivity index (χ4v) is 3.46. The van der Waals surface area contributed by atoms with Crippen LogP contribution in [0.2, 0.25) is 0 Å². The Morgan fingerprint density at radius 3 is 2.44 bits per heavy atom. The molecule has 2 atom stereocenters. The van der Waals surface area contributed by atoms with Crippen LogP contribution in [0.5, 0.6) is 0 Å². The Hall–Kier alpha value is -0.0800. The molecular formula is C16H32N2. The van der Waals surface area contributed by atoms with Gasteiger partial charge in [0.2, 0.25) is 0 Å². The lowest BCUT2D eigenvalue weighted by molar-refractivity contribution is 0.00428. The van der Waals surface area contributed by atoms with Gasteiger partial charge in [0.25, 0.3) is 0 Å². The summed E-state index contributed by atoms with van der Waals surface area (Å²) in [5.41, 5.74) is 0.803. The smallest absolute Gasteiger partial charge is 0.0136 e. The highest BCUT2D eigenvalue weighted by Crippen LogP contribution is 2.37. The zero-order chi connectivity index (χ0) is 13.4. The Kier molecular flexibility index (Phi) is 4.08. The van der Waals surface area contributed by atoms with Crippen molar-refractivity contribution in [2.24, 2.45) is 11.3 Å². The number of hydrogen-bond donors (Lipinski definition) is 1. The average Bonchev–Trinajstić information content (AvgIpc) is 2.12. The van der Waals surface area contributed by atoms with Crippen molar-refractivity contribution < 1.29 is 0 Å². The van der Waals surface area contributed by atoms with Gasteiger partial charge < -0.3 is 5.32 Å². The molecule has 0 aromatic rings. The molecule has 2 fully saturated rings. The quantitative estimate of drug-likeness (QED) is 0.829. The van der Waals surface area contributed by atoms with Crippen molar-refractivity contribution >= 4 is 0 Å². The number of piperidine rings is 1. The maximum atomic E-state index is 3.69. The topological polar surface area (TPSA) is 15.3 Å². The summed E-state index contributed by atoms with van der Waals surface area (Å²) in [6.07, 6.45) is 5.64. The van der Waals surface area contributed by atoms with E-state index in [4.69, 9.17) is 0 Å². The zero-order valence-corrected chi connectivity index (χ0v) is 13.1. The van der Waals surface area contributed by atoms with Crippen LogP contribution in [0, 0.1) is 11.3 Å². The fourth-order valence-electron chi connectivity index (χ4n) is 3.46. The predicted molar refractivity (Wildman–Crippen MR) is 78.9 cm³/mol. The maximum Gasteiger partial charge on any atom is 0.0136 e. The van der Waals surface area contributed by atoms with Crippen LogP contribution in [0.3, 0.4) is 0 Å². The van der Waals surface area contributed by atoms with Crippen molar-refractivity contribution in [2.45, 2.75) is 71.9 Å². The summed E-state index contributed by atoms with van der Waals surface area (Å²) >= 11 is 0. The van der Waals surface area contributed by atoms with Crippen LogP contribution in [-0.2, 0) is 0 Å². The molecule has 0 bridgehead atoms. The second-order valence-electron chi connectivity index (χ2n) is 8.27. The van der Waals surface area contributed by atoms with Gasteiger partial charge in [-0.05, 0) is 70.9 Å². The van der Waals surface area contributed by atoms with Crippen LogP contribution >= 0.6 is 0 Å². The standard InChI is InChI=1S/C16H32N2/c1-15(2,3)17-11-13-7-8-14(13)18-10-6-9-16(4,5)12-18/h13-14,17H,6-12H2,1-5H3. The number of nitrogens with one attached hydrogen (secondary N) is 1. The van der Waals surface area contributed by atoms with Crippen molar-refractivity contribution in [1.29, 1.82) is 0 Å². The molecule has 2 unspecified atom stereocenters. The molecule has 2 nitrogen and oxygen atoms in total. The summed E-state index contributed by atoms with van der Waals surface area (Å²) in [5.74, 6) is 0.887. The van der Waals surface area contributed by atoms with Crippen LogP contribution in [-0.4, -0.2) is 36.1 Å². The van der Waals surface area contributed by atoms with E-state index in [1.54, 1.807) is 0 Å². The molecule has 1 N–H and O–H groups in total. The molecule has 0 amide bonds.